The summed E-state index contributed by atoms with van der Waals surface area (Å²) in [4.78, 5) is 55.7. The second-order valence-electron chi connectivity index (χ2n) is 6.29. The van der Waals surface area contributed by atoms with Crippen molar-refractivity contribution in [3.8, 4) is 0 Å². The number of hydrogen-bond donors (Lipinski definition) is 4. The van der Waals surface area contributed by atoms with Crippen LogP contribution in [-0.4, -0.2) is 95.7 Å². The van der Waals surface area contributed by atoms with Gasteiger partial charge in [-0.1, -0.05) is 5.16 Å². The second-order valence-corrected chi connectivity index (χ2v) is 8.47. The van der Waals surface area contributed by atoms with E-state index in [0.717, 1.165) is 11.3 Å². The summed E-state index contributed by atoms with van der Waals surface area (Å²) in [6.07, 6.45) is -2.28. The number of nitrogens with zero attached hydrogens (tertiary/aromatic N) is 3. The van der Waals surface area contributed by atoms with Crippen molar-refractivity contribution in [2.24, 2.45) is 5.16 Å². The van der Waals surface area contributed by atoms with Crippen LogP contribution in [0.15, 0.2) is 10.5 Å². The highest BCUT2D eigenvalue weighted by atomic mass is 32.2. The van der Waals surface area contributed by atoms with Gasteiger partial charge in [-0.15, -0.1) is 11.3 Å². The molecular weight excluding hydrogens is 506 g/mol. The summed E-state index contributed by atoms with van der Waals surface area (Å²) >= 11 is 0.916. The lowest BCUT2D eigenvalue weighted by atomic mass is 9.99. The lowest BCUT2D eigenvalue weighted by Crippen LogP contribution is -2.73. The van der Waals surface area contributed by atoms with Crippen LogP contribution >= 0.6 is 11.3 Å². The fourth-order valence-electron chi connectivity index (χ4n) is 2.46. The van der Waals surface area contributed by atoms with Crippen LogP contribution in [0.5, 0.6) is 0 Å². The van der Waals surface area contributed by atoms with E-state index in [1.165, 1.54) is 19.4 Å². The SMILES string of the molecule is COC(C)OC(=O)OCC1C(NC(=O)C(=NOCC(=O)O)c2csc(N)n2)C(=O)N1S(=O)(=O)O. The number of aliphatic carboxylic acids is 1. The van der Waals surface area contributed by atoms with Gasteiger partial charge in [0.05, 0.1) is 0 Å². The van der Waals surface area contributed by atoms with Gasteiger partial charge < -0.3 is 35.2 Å². The van der Waals surface area contributed by atoms with E-state index in [0.29, 0.717) is 0 Å². The number of carboxylic acids is 1. The minimum atomic E-state index is -5.07. The third-order valence-corrected chi connectivity index (χ3v) is 5.62. The maximum Gasteiger partial charge on any atom is 0.510 e. The molecular formula is C15H19N5O12S2. The van der Waals surface area contributed by atoms with E-state index in [-0.39, 0.29) is 15.1 Å². The molecule has 2 heterocycles. The number of aromatic nitrogens is 1. The Bertz CT molecular complexity index is 1090. The predicted molar refractivity (Wildman–Crippen MR) is 110 cm³/mol. The van der Waals surface area contributed by atoms with Crippen LogP contribution in [0.4, 0.5) is 9.93 Å². The molecule has 3 unspecified atom stereocenters. The number of carbonyl (C=O) groups excluding carboxylic acids is 3. The molecule has 2 rings (SSSR count). The summed E-state index contributed by atoms with van der Waals surface area (Å²) < 4.78 is 46.4. The molecule has 0 saturated carbocycles. The summed E-state index contributed by atoms with van der Waals surface area (Å²) in [5.41, 5.74) is 4.80. The summed E-state index contributed by atoms with van der Waals surface area (Å²) in [7, 11) is -3.83. The number of oxime groups is 1. The van der Waals surface area contributed by atoms with E-state index in [1.54, 1.807) is 0 Å². The number of anilines is 1. The van der Waals surface area contributed by atoms with E-state index >= 15 is 0 Å². The first-order valence-corrected chi connectivity index (χ1v) is 11.2. The van der Waals surface area contributed by atoms with Gasteiger partial charge in [0, 0.05) is 12.5 Å². The first kappa shape index (κ1) is 26.7. The van der Waals surface area contributed by atoms with Crippen molar-refractivity contribution >= 4 is 56.4 Å². The maximum absolute atomic E-state index is 12.7. The molecule has 2 amide bonds. The summed E-state index contributed by atoms with van der Waals surface area (Å²) in [5, 5.41) is 15.5. The molecule has 34 heavy (non-hydrogen) atoms. The first-order valence-electron chi connectivity index (χ1n) is 8.96. The topological polar surface area (TPSA) is 246 Å². The molecule has 0 spiro atoms. The Hall–Kier alpha value is -3.55. The number of rotatable bonds is 11. The van der Waals surface area contributed by atoms with Gasteiger partial charge in [-0.05, 0) is 6.92 Å². The van der Waals surface area contributed by atoms with Gasteiger partial charge in [0.15, 0.2) is 10.8 Å². The van der Waals surface area contributed by atoms with Crippen molar-refractivity contribution < 1.29 is 56.3 Å². The Morgan fingerprint density at radius 1 is 1.41 bits per heavy atom. The molecule has 0 aromatic carbocycles. The predicted octanol–water partition coefficient (Wildman–Crippen LogP) is -1.83. The molecule has 1 aliphatic heterocycles. The number of carboxylic acid groups (broad SMARTS) is 1. The van der Waals surface area contributed by atoms with Crippen LogP contribution in [0, 0.1) is 0 Å². The number of nitrogen functional groups attached to an aromatic ring is 1. The van der Waals surface area contributed by atoms with Crippen molar-refractivity contribution in [2.45, 2.75) is 25.3 Å². The van der Waals surface area contributed by atoms with Gasteiger partial charge >= 0.3 is 22.4 Å². The van der Waals surface area contributed by atoms with Crippen molar-refractivity contribution in [3.05, 3.63) is 11.1 Å². The molecule has 19 heteroatoms. The normalized spacial score (nSPS) is 19.1. The van der Waals surface area contributed by atoms with Crippen LogP contribution in [-0.2, 0) is 43.7 Å². The fraction of sp³-hybridized carbons (Fsp3) is 0.467. The standard InChI is InChI=1S/C15H19N5O12S2/c1-6(29-2)32-15(25)30-3-8-11(13(24)20(8)34(26,27)28)18-12(23)10(19-31-4-9(21)22)7-5-33-14(16)17-7/h5-6,8,11H,3-4H2,1-2H3,(H2,16,17)(H,18,23)(H,21,22)(H,26,27,28). The smallest absolute Gasteiger partial charge is 0.479 e. The van der Waals surface area contributed by atoms with E-state index in [1.807, 2.05) is 0 Å². The van der Waals surface area contributed by atoms with Gasteiger partial charge in [0.25, 0.3) is 11.8 Å². The third-order valence-electron chi connectivity index (χ3n) is 3.99. The number of methoxy groups -OCH3 is 1. The van der Waals surface area contributed by atoms with E-state index in [9.17, 15) is 32.1 Å². The number of thiazole rings is 1. The fourth-order valence-corrected chi connectivity index (χ4v) is 3.87. The Kier molecular flexibility index (Phi) is 8.68. The van der Waals surface area contributed by atoms with Crippen molar-refractivity contribution in [1.29, 1.82) is 0 Å². The van der Waals surface area contributed by atoms with Gasteiger partial charge in [0.2, 0.25) is 12.9 Å². The first-order chi connectivity index (χ1) is 15.8. The highest BCUT2D eigenvalue weighted by molar-refractivity contribution is 7.84. The Balaban J connectivity index is 2.20. The van der Waals surface area contributed by atoms with Gasteiger partial charge in [-0.2, -0.15) is 8.42 Å². The summed E-state index contributed by atoms with van der Waals surface area (Å²) in [5.74, 6) is -3.79. The molecule has 0 radical (unpaired) electrons. The lowest BCUT2D eigenvalue weighted by molar-refractivity contribution is -0.148. The molecule has 3 atom stereocenters. The number of nitrogens with one attached hydrogen (secondary N) is 1. The molecule has 1 aromatic heterocycles. The largest absolute Gasteiger partial charge is 0.510 e. The van der Waals surface area contributed by atoms with E-state index in [4.69, 9.17) is 20.3 Å². The minimum Gasteiger partial charge on any atom is -0.479 e. The average molecular weight is 525 g/mol. The van der Waals surface area contributed by atoms with E-state index in [2.05, 4.69) is 25.0 Å². The van der Waals surface area contributed by atoms with E-state index < -0.39 is 71.5 Å². The molecule has 1 aliphatic rings. The summed E-state index contributed by atoms with van der Waals surface area (Å²) in [6, 6.07) is -3.17. The summed E-state index contributed by atoms with van der Waals surface area (Å²) in [6.45, 7) is -0.356. The zero-order valence-corrected chi connectivity index (χ0v) is 19.1. The molecule has 5 N–H and O–H groups in total. The number of amides is 2. The van der Waals surface area contributed by atoms with Gasteiger partial charge in [-0.3, -0.25) is 14.1 Å². The van der Waals surface area contributed by atoms with Crippen molar-refractivity contribution in [1.82, 2.24) is 14.6 Å². The molecule has 1 aromatic rings. The monoisotopic (exact) mass is 525 g/mol. The number of β-lactam (4-membered cyclic amide) rings is 1. The molecule has 0 bridgehead atoms. The number of hydrogen-bond acceptors (Lipinski definition) is 14. The molecule has 0 aliphatic carbocycles. The van der Waals surface area contributed by atoms with Crippen LogP contribution in [0.25, 0.3) is 0 Å². The zero-order valence-electron chi connectivity index (χ0n) is 17.4. The second kappa shape index (κ2) is 11.0. The third kappa shape index (κ3) is 6.73. The lowest BCUT2D eigenvalue weighted by Gasteiger charge is -2.43. The minimum absolute atomic E-state index is 0.0104. The van der Waals surface area contributed by atoms with Crippen molar-refractivity contribution in [3.63, 3.8) is 0 Å². The molecule has 188 valence electrons. The van der Waals surface area contributed by atoms with Crippen molar-refractivity contribution in [2.75, 3.05) is 26.1 Å². The van der Waals surface area contributed by atoms with Crippen LogP contribution in [0.3, 0.4) is 0 Å². The zero-order chi connectivity index (χ0) is 25.6. The number of carbonyl (C=O) groups is 4. The van der Waals surface area contributed by atoms with Gasteiger partial charge in [-0.25, -0.2) is 18.9 Å². The molecule has 1 saturated heterocycles. The number of ether oxygens (including phenoxy) is 3. The highest BCUT2D eigenvalue weighted by Gasteiger charge is 2.55. The Labute approximate surface area is 195 Å². The van der Waals surface area contributed by atoms with Gasteiger partial charge in [0.1, 0.15) is 24.4 Å². The highest BCUT2D eigenvalue weighted by Crippen LogP contribution is 2.24. The molecule has 1 fully saturated rings. The Morgan fingerprint density at radius 2 is 2.09 bits per heavy atom. The maximum atomic E-state index is 12.7. The molecule has 17 nitrogen and oxygen atoms in total. The quantitative estimate of drug-likeness (QED) is 0.0620. The average Bonchev–Trinajstić information content (AvgIpc) is 3.16. The Morgan fingerprint density at radius 3 is 2.62 bits per heavy atom. The number of nitrogens with two attached hydrogens (primary N) is 1. The van der Waals surface area contributed by atoms with Crippen LogP contribution < -0.4 is 11.1 Å². The van der Waals surface area contributed by atoms with Crippen LogP contribution in [0.1, 0.15) is 12.6 Å². The van der Waals surface area contributed by atoms with Crippen LogP contribution in [0.2, 0.25) is 0 Å².